The predicted molar refractivity (Wildman–Crippen MR) is 83.8 cm³/mol. The Morgan fingerprint density at radius 1 is 1.45 bits per heavy atom. The second kappa shape index (κ2) is 6.35. The molecule has 2 unspecified atom stereocenters. The van der Waals surface area contributed by atoms with Crippen molar-refractivity contribution in [2.45, 2.75) is 38.6 Å². The van der Waals surface area contributed by atoms with E-state index in [-0.39, 0.29) is 5.84 Å². The summed E-state index contributed by atoms with van der Waals surface area (Å²) in [6.45, 7) is 2.29. The number of hydrogen-bond acceptors (Lipinski definition) is 3. The smallest absolute Gasteiger partial charge is 0.173 e. The first-order valence-corrected chi connectivity index (χ1v) is 7.41. The van der Waals surface area contributed by atoms with E-state index in [2.05, 4.69) is 24.0 Å². The lowest BCUT2D eigenvalue weighted by Crippen LogP contribution is -2.37. The Balaban J connectivity index is 2.34. The van der Waals surface area contributed by atoms with Gasteiger partial charge in [0, 0.05) is 18.8 Å². The van der Waals surface area contributed by atoms with Crippen LogP contribution in [0, 0.1) is 5.92 Å². The second-order valence-corrected chi connectivity index (χ2v) is 6.06. The molecule has 0 bridgehead atoms. The Morgan fingerprint density at radius 2 is 2.20 bits per heavy atom. The van der Waals surface area contributed by atoms with Crippen molar-refractivity contribution in [2.75, 3.05) is 11.9 Å². The van der Waals surface area contributed by atoms with Crippen molar-refractivity contribution >= 4 is 23.1 Å². The Hall–Kier alpha value is -1.42. The van der Waals surface area contributed by atoms with Gasteiger partial charge in [-0.1, -0.05) is 42.6 Å². The maximum atomic E-state index is 8.96. The molecule has 0 aromatic heterocycles. The van der Waals surface area contributed by atoms with Gasteiger partial charge in [0.05, 0.1) is 10.6 Å². The van der Waals surface area contributed by atoms with E-state index >= 15 is 0 Å². The first-order valence-electron chi connectivity index (χ1n) is 7.03. The molecule has 1 aliphatic rings. The van der Waals surface area contributed by atoms with Crippen LogP contribution < -0.4 is 10.6 Å². The fourth-order valence-corrected chi connectivity index (χ4v) is 3.33. The van der Waals surface area contributed by atoms with Crippen molar-refractivity contribution in [3.05, 3.63) is 28.8 Å². The minimum atomic E-state index is 0.0568. The van der Waals surface area contributed by atoms with Crippen molar-refractivity contribution < 1.29 is 5.21 Å². The highest BCUT2D eigenvalue weighted by molar-refractivity contribution is 6.34. The Morgan fingerprint density at radius 3 is 2.85 bits per heavy atom. The summed E-state index contributed by atoms with van der Waals surface area (Å²) in [4.78, 5) is 2.22. The molecule has 0 spiro atoms. The van der Waals surface area contributed by atoms with Gasteiger partial charge in [0.2, 0.25) is 0 Å². The molecule has 0 heterocycles. The molecule has 0 saturated heterocycles. The highest BCUT2D eigenvalue weighted by Gasteiger charge is 2.25. The van der Waals surface area contributed by atoms with Crippen LogP contribution in [0.4, 0.5) is 5.69 Å². The Bertz CT molecular complexity index is 504. The quantitative estimate of drug-likeness (QED) is 0.388. The molecule has 1 aromatic carbocycles. The van der Waals surface area contributed by atoms with E-state index in [0.29, 0.717) is 16.6 Å². The number of amidine groups is 1. The Kier molecular flexibility index (Phi) is 4.76. The number of benzene rings is 1. The average Bonchev–Trinajstić information content (AvgIpc) is 2.45. The molecular formula is C15H22ClN3O. The molecule has 2 atom stereocenters. The fourth-order valence-electron chi connectivity index (χ4n) is 3.06. The second-order valence-electron chi connectivity index (χ2n) is 5.66. The topological polar surface area (TPSA) is 61.8 Å². The van der Waals surface area contributed by atoms with Gasteiger partial charge >= 0.3 is 0 Å². The molecule has 0 aliphatic heterocycles. The van der Waals surface area contributed by atoms with Gasteiger partial charge < -0.3 is 15.8 Å². The summed E-state index contributed by atoms with van der Waals surface area (Å²) in [5.74, 6) is 0.795. The molecule has 2 rings (SSSR count). The minimum Gasteiger partial charge on any atom is -0.409 e. The van der Waals surface area contributed by atoms with Crippen LogP contribution in [0.2, 0.25) is 5.02 Å². The van der Waals surface area contributed by atoms with Gasteiger partial charge in [-0.3, -0.25) is 0 Å². The van der Waals surface area contributed by atoms with Crippen LogP contribution in [0.15, 0.2) is 23.4 Å². The maximum absolute atomic E-state index is 8.96. The molecule has 5 heteroatoms. The van der Waals surface area contributed by atoms with Crippen molar-refractivity contribution in [1.29, 1.82) is 0 Å². The first kappa shape index (κ1) is 15.0. The number of nitrogens with zero attached hydrogens (tertiary/aromatic N) is 2. The van der Waals surface area contributed by atoms with Crippen molar-refractivity contribution in [1.82, 2.24) is 0 Å². The summed E-state index contributed by atoms with van der Waals surface area (Å²) in [5, 5.41) is 12.6. The summed E-state index contributed by atoms with van der Waals surface area (Å²) in [6.07, 6.45) is 4.88. The minimum absolute atomic E-state index is 0.0568. The van der Waals surface area contributed by atoms with Gasteiger partial charge in [-0.15, -0.1) is 0 Å². The molecule has 20 heavy (non-hydrogen) atoms. The maximum Gasteiger partial charge on any atom is 0.173 e. The molecule has 0 amide bonds. The van der Waals surface area contributed by atoms with Crippen molar-refractivity contribution in [3.8, 4) is 0 Å². The zero-order chi connectivity index (χ0) is 14.7. The lowest BCUT2D eigenvalue weighted by atomic mass is 9.86. The molecule has 1 fully saturated rings. The predicted octanol–water partition coefficient (Wildman–Crippen LogP) is 3.45. The van der Waals surface area contributed by atoms with Gasteiger partial charge in [0.1, 0.15) is 0 Å². The van der Waals surface area contributed by atoms with Crippen LogP contribution in [-0.2, 0) is 0 Å². The standard InChI is InChI=1S/C15H22ClN3O/c1-10-5-3-6-11(9-10)19(2)13-8-4-7-12(16)14(13)15(17)18-20/h4,7-8,10-11,20H,3,5-6,9H2,1-2H3,(H2,17,18). The fraction of sp³-hybridized carbons (Fsp3) is 0.533. The van der Waals surface area contributed by atoms with Crippen LogP contribution in [0.3, 0.4) is 0 Å². The van der Waals surface area contributed by atoms with E-state index in [9.17, 15) is 0 Å². The van der Waals surface area contributed by atoms with Crippen LogP contribution >= 0.6 is 11.6 Å². The third-order valence-electron chi connectivity index (χ3n) is 4.19. The van der Waals surface area contributed by atoms with E-state index in [1.165, 1.54) is 25.7 Å². The molecule has 110 valence electrons. The molecule has 3 N–H and O–H groups in total. The Labute approximate surface area is 125 Å². The van der Waals surface area contributed by atoms with Crippen LogP contribution in [-0.4, -0.2) is 24.1 Å². The lowest BCUT2D eigenvalue weighted by molar-refractivity contribution is 0.318. The van der Waals surface area contributed by atoms with Crippen LogP contribution in [0.1, 0.15) is 38.2 Å². The van der Waals surface area contributed by atoms with E-state index in [4.69, 9.17) is 22.5 Å². The first-order chi connectivity index (χ1) is 9.54. The van der Waals surface area contributed by atoms with E-state index in [1.807, 2.05) is 12.1 Å². The number of halogens is 1. The highest BCUT2D eigenvalue weighted by Crippen LogP contribution is 2.33. The van der Waals surface area contributed by atoms with Crippen molar-refractivity contribution in [3.63, 3.8) is 0 Å². The highest BCUT2D eigenvalue weighted by atomic mass is 35.5. The van der Waals surface area contributed by atoms with Gasteiger partial charge in [-0.05, 0) is 30.9 Å². The molecular weight excluding hydrogens is 274 g/mol. The normalized spacial score (nSPS) is 23.6. The number of rotatable bonds is 3. The zero-order valence-electron chi connectivity index (χ0n) is 12.0. The SMILES string of the molecule is CC1CCCC(N(C)c2cccc(Cl)c2C(N)=NO)C1. The molecule has 0 radical (unpaired) electrons. The van der Waals surface area contributed by atoms with E-state index in [0.717, 1.165) is 11.6 Å². The van der Waals surface area contributed by atoms with Crippen molar-refractivity contribution in [2.24, 2.45) is 16.8 Å². The molecule has 4 nitrogen and oxygen atoms in total. The number of hydrogen-bond donors (Lipinski definition) is 2. The molecule has 1 aromatic rings. The lowest BCUT2D eigenvalue weighted by Gasteiger charge is -2.36. The summed E-state index contributed by atoms with van der Waals surface area (Å²) < 4.78 is 0. The van der Waals surface area contributed by atoms with Gasteiger partial charge in [-0.2, -0.15) is 0 Å². The van der Waals surface area contributed by atoms with E-state index in [1.54, 1.807) is 6.07 Å². The van der Waals surface area contributed by atoms with Crippen LogP contribution in [0.25, 0.3) is 0 Å². The largest absolute Gasteiger partial charge is 0.409 e. The van der Waals surface area contributed by atoms with Crippen LogP contribution in [0.5, 0.6) is 0 Å². The van der Waals surface area contributed by atoms with E-state index < -0.39 is 0 Å². The van der Waals surface area contributed by atoms with Gasteiger partial charge in [-0.25, -0.2) is 0 Å². The third kappa shape index (κ3) is 3.01. The zero-order valence-corrected chi connectivity index (χ0v) is 12.8. The summed E-state index contributed by atoms with van der Waals surface area (Å²) in [7, 11) is 2.06. The third-order valence-corrected chi connectivity index (χ3v) is 4.51. The summed E-state index contributed by atoms with van der Waals surface area (Å²) >= 11 is 6.22. The monoisotopic (exact) mass is 295 g/mol. The number of oxime groups is 1. The molecule has 1 saturated carbocycles. The van der Waals surface area contributed by atoms with Gasteiger partial charge in [0.15, 0.2) is 5.84 Å². The summed E-state index contributed by atoms with van der Waals surface area (Å²) in [5.41, 5.74) is 7.31. The number of nitrogens with two attached hydrogens (primary N) is 1. The average molecular weight is 296 g/mol. The summed E-state index contributed by atoms with van der Waals surface area (Å²) in [6, 6.07) is 6.10. The molecule has 1 aliphatic carbocycles. The van der Waals surface area contributed by atoms with Gasteiger partial charge in [0.25, 0.3) is 0 Å². The number of anilines is 1.